The smallest absolute Gasteiger partial charge is 0.226 e. The highest BCUT2D eigenvalue weighted by Crippen LogP contribution is 2.32. The first kappa shape index (κ1) is 18.1. The van der Waals surface area contributed by atoms with E-state index in [1.54, 1.807) is 0 Å². The van der Waals surface area contributed by atoms with E-state index in [-0.39, 0.29) is 17.9 Å². The Hall–Kier alpha value is -2.33. The number of carbonyl (C=O) groups is 1. The van der Waals surface area contributed by atoms with Crippen molar-refractivity contribution in [1.82, 2.24) is 4.90 Å². The van der Waals surface area contributed by atoms with Crippen LogP contribution in [0.25, 0.3) is 0 Å². The Bertz CT molecular complexity index is 876. The van der Waals surface area contributed by atoms with E-state index in [0.717, 1.165) is 36.1 Å². The van der Waals surface area contributed by atoms with E-state index in [0.29, 0.717) is 18.1 Å². The highest BCUT2D eigenvalue weighted by Gasteiger charge is 2.35. The van der Waals surface area contributed by atoms with Gasteiger partial charge in [0.1, 0.15) is 0 Å². The van der Waals surface area contributed by atoms with Crippen molar-refractivity contribution in [2.24, 2.45) is 11.1 Å². The zero-order valence-corrected chi connectivity index (χ0v) is 16.2. The number of carbonyl (C=O) groups excluding carboxylic acids is 1. The highest BCUT2D eigenvalue weighted by molar-refractivity contribution is 6.30. The van der Waals surface area contributed by atoms with Crippen LogP contribution in [-0.4, -0.2) is 29.2 Å². The standard InChI is InChI=1S/C22H23ClN2O2/c1-15-5-2-3-8-20(15)21-12-19(27-24-21)14-25(22(26)17-9-10-17)13-16-6-4-7-18(23)11-16/h2-8,11,17,19H,9-10,12-14H2,1H3/t19-/m1/s1. The largest absolute Gasteiger partial charge is 0.390 e. The molecule has 0 saturated heterocycles. The first-order valence-corrected chi connectivity index (χ1v) is 9.80. The summed E-state index contributed by atoms with van der Waals surface area (Å²) in [7, 11) is 0. The van der Waals surface area contributed by atoms with E-state index >= 15 is 0 Å². The zero-order valence-electron chi connectivity index (χ0n) is 15.4. The van der Waals surface area contributed by atoms with Crippen molar-refractivity contribution in [1.29, 1.82) is 0 Å². The molecule has 2 aromatic carbocycles. The van der Waals surface area contributed by atoms with Crippen molar-refractivity contribution in [3.05, 3.63) is 70.2 Å². The molecule has 1 amide bonds. The quantitative estimate of drug-likeness (QED) is 0.733. The van der Waals surface area contributed by atoms with Gasteiger partial charge >= 0.3 is 0 Å². The molecule has 2 aliphatic rings. The molecule has 0 spiro atoms. The molecule has 1 heterocycles. The molecule has 0 aromatic heterocycles. The van der Waals surface area contributed by atoms with Gasteiger partial charge in [-0.3, -0.25) is 4.79 Å². The van der Waals surface area contributed by atoms with Crippen LogP contribution in [0.15, 0.2) is 53.7 Å². The monoisotopic (exact) mass is 382 g/mol. The van der Waals surface area contributed by atoms with Crippen molar-refractivity contribution in [3.63, 3.8) is 0 Å². The second-order valence-electron chi connectivity index (χ2n) is 7.41. The molecule has 0 radical (unpaired) electrons. The molecule has 1 atom stereocenters. The van der Waals surface area contributed by atoms with Gasteiger partial charge in [-0.05, 0) is 43.0 Å². The van der Waals surface area contributed by atoms with E-state index in [1.807, 2.05) is 41.3 Å². The molecule has 1 aliphatic heterocycles. The third kappa shape index (κ3) is 4.33. The Morgan fingerprint density at radius 2 is 2.04 bits per heavy atom. The fourth-order valence-electron chi connectivity index (χ4n) is 3.50. The van der Waals surface area contributed by atoms with Gasteiger partial charge in [0, 0.05) is 29.5 Å². The van der Waals surface area contributed by atoms with Gasteiger partial charge < -0.3 is 9.74 Å². The molecule has 2 aromatic rings. The molecular formula is C22H23ClN2O2. The number of hydrogen-bond donors (Lipinski definition) is 0. The first-order valence-electron chi connectivity index (χ1n) is 9.42. The van der Waals surface area contributed by atoms with Gasteiger partial charge in [0.2, 0.25) is 5.91 Å². The second-order valence-corrected chi connectivity index (χ2v) is 7.84. The second kappa shape index (κ2) is 7.73. The predicted molar refractivity (Wildman–Crippen MR) is 107 cm³/mol. The number of aryl methyl sites for hydroxylation is 1. The van der Waals surface area contributed by atoms with Gasteiger partial charge in [0.05, 0.1) is 12.3 Å². The van der Waals surface area contributed by atoms with Crippen LogP contribution in [0.1, 0.15) is 36.0 Å². The Kier molecular flexibility index (Phi) is 5.17. The molecule has 1 saturated carbocycles. The van der Waals surface area contributed by atoms with Crippen LogP contribution < -0.4 is 0 Å². The predicted octanol–water partition coefficient (Wildman–Crippen LogP) is 4.58. The van der Waals surface area contributed by atoms with Crippen LogP contribution in [0.3, 0.4) is 0 Å². The first-order chi connectivity index (χ1) is 13.1. The summed E-state index contributed by atoms with van der Waals surface area (Å²) < 4.78 is 0. The van der Waals surface area contributed by atoms with Crippen LogP contribution in [0.5, 0.6) is 0 Å². The van der Waals surface area contributed by atoms with Crippen LogP contribution in [-0.2, 0) is 16.2 Å². The molecule has 1 fully saturated rings. The van der Waals surface area contributed by atoms with E-state index < -0.39 is 0 Å². The van der Waals surface area contributed by atoms with Gasteiger partial charge in [0.15, 0.2) is 6.10 Å². The third-order valence-electron chi connectivity index (χ3n) is 5.11. The van der Waals surface area contributed by atoms with Gasteiger partial charge in [-0.2, -0.15) is 0 Å². The SMILES string of the molecule is Cc1ccccc1C1=NO[C@@H](CN(Cc2cccc(Cl)c2)C(=O)C2CC2)C1. The summed E-state index contributed by atoms with van der Waals surface area (Å²) in [6, 6.07) is 15.9. The number of amides is 1. The third-order valence-corrected chi connectivity index (χ3v) is 5.35. The molecule has 27 heavy (non-hydrogen) atoms. The highest BCUT2D eigenvalue weighted by atomic mass is 35.5. The fourth-order valence-corrected chi connectivity index (χ4v) is 3.72. The Morgan fingerprint density at radius 3 is 2.78 bits per heavy atom. The van der Waals surface area contributed by atoms with Crippen molar-refractivity contribution < 1.29 is 9.63 Å². The Morgan fingerprint density at radius 1 is 1.22 bits per heavy atom. The lowest BCUT2D eigenvalue weighted by atomic mass is 10.00. The van der Waals surface area contributed by atoms with E-state index in [4.69, 9.17) is 16.4 Å². The molecule has 4 rings (SSSR count). The summed E-state index contributed by atoms with van der Waals surface area (Å²) in [5.41, 5.74) is 4.30. The normalized spacial score (nSPS) is 18.7. The molecule has 5 heteroatoms. The topological polar surface area (TPSA) is 41.9 Å². The molecule has 0 bridgehead atoms. The van der Waals surface area contributed by atoms with Crippen molar-refractivity contribution in [2.45, 2.75) is 38.8 Å². The maximum absolute atomic E-state index is 12.8. The average molecular weight is 383 g/mol. The zero-order chi connectivity index (χ0) is 18.8. The van der Waals surface area contributed by atoms with Gasteiger partial charge in [0.25, 0.3) is 0 Å². The number of halogens is 1. The number of oxime groups is 1. The number of rotatable bonds is 6. The lowest BCUT2D eigenvalue weighted by molar-refractivity contribution is -0.135. The van der Waals surface area contributed by atoms with Crippen molar-refractivity contribution in [3.8, 4) is 0 Å². The van der Waals surface area contributed by atoms with Crippen LogP contribution in [0.2, 0.25) is 5.02 Å². The number of benzene rings is 2. The molecule has 1 aliphatic carbocycles. The molecule has 0 unspecified atom stereocenters. The molecule has 0 N–H and O–H groups in total. The lowest BCUT2D eigenvalue weighted by Crippen LogP contribution is -2.38. The maximum Gasteiger partial charge on any atom is 0.226 e. The van der Waals surface area contributed by atoms with E-state index in [2.05, 4.69) is 24.2 Å². The van der Waals surface area contributed by atoms with E-state index in [1.165, 1.54) is 5.56 Å². The summed E-state index contributed by atoms with van der Waals surface area (Å²) in [6.07, 6.45) is 2.58. The maximum atomic E-state index is 12.8. The van der Waals surface area contributed by atoms with E-state index in [9.17, 15) is 4.79 Å². The number of hydrogen-bond acceptors (Lipinski definition) is 3. The molecular weight excluding hydrogens is 360 g/mol. The summed E-state index contributed by atoms with van der Waals surface area (Å²) in [5, 5.41) is 4.99. The summed E-state index contributed by atoms with van der Waals surface area (Å²) >= 11 is 6.11. The molecule has 140 valence electrons. The minimum Gasteiger partial charge on any atom is -0.390 e. The van der Waals surface area contributed by atoms with Gasteiger partial charge in [-0.25, -0.2) is 0 Å². The minimum absolute atomic E-state index is 0.110. The Labute approximate surface area is 164 Å². The number of nitrogens with zero attached hydrogens (tertiary/aromatic N) is 2. The van der Waals surface area contributed by atoms with Crippen molar-refractivity contribution in [2.75, 3.05) is 6.54 Å². The molecule has 4 nitrogen and oxygen atoms in total. The van der Waals surface area contributed by atoms with Crippen LogP contribution in [0.4, 0.5) is 0 Å². The minimum atomic E-state index is -0.110. The summed E-state index contributed by atoms with van der Waals surface area (Å²) in [4.78, 5) is 20.4. The average Bonchev–Trinajstić information content (AvgIpc) is 3.40. The van der Waals surface area contributed by atoms with Crippen molar-refractivity contribution >= 4 is 23.2 Å². The van der Waals surface area contributed by atoms with Crippen LogP contribution >= 0.6 is 11.6 Å². The van der Waals surface area contributed by atoms with Crippen LogP contribution in [0, 0.1) is 12.8 Å². The summed E-state index contributed by atoms with van der Waals surface area (Å²) in [5.74, 6) is 0.380. The Balaban J connectivity index is 1.44. The van der Waals surface area contributed by atoms with Gasteiger partial charge in [-0.15, -0.1) is 0 Å². The van der Waals surface area contributed by atoms with Gasteiger partial charge in [-0.1, -0.05) is 53.2 Å². The lowest BCUT2D eigenvalue weighted by Gasteiger charge is -2.25. The summed E-state index contributed by atoms with van der Waals surface area (Å²) in [6.45, 7) is 3.17. The fraction of sp³-hybridized carbons (Fsp3) is 0.364.